The molecule has 0 aromatic heterocycles. The number of carbonyl (C=O) groups excluding carboxylic acids is 1. The monoisotopic (exact) mass is 407 g/mol. The van der Waals surface area contributed by atoms with Gasteiger partial charge in [-0.05, 0) is 36.5 Å². The van der Waals surface area contributed by atoms with Gasteiger partial charge in [0.25, 0.3) is 0 Å². The first kappa shape index (κ1) is 21.3. The molecular formula is C21H33N3O3S. The van der Waals surface area contributed by atoms with E-state index in [9.17, 15) is 13.2 Å². The number of hydrogen-bond acceptors (Lipinski definition) is 4. The zero-order valence-electron chi connectivity index (χ0n) is 17.1. The van der Waals surface area contributed by atoms with Gasteiger partial charge in [0, 0.05) is 32.2 Å². The van der Waals surface area contributed by atoms with Gasteiger partial charge in [0.1, 0.15) is 0 Å². The van der Waals surface area contributed by atoms with E-state index < -0.39 is 10.0 Å². The Morgan fingerprint density at radius 2 is 1.71 bits per heavy atom. The molecule has 2 aliphatic rings. The maximum atomic E-state index is 13.5. The maximum absolute atomic E-state index is 13.5. The van der Waals surface area contributed by atoms with Crippen molar-refractivity contribution >= 4 is 15.9 Å². The van der Waals surface area contributed by atoms with Gasteiger partial charge in [-0.1, -0.05) is 45.2 Å². The van der Waals surface area contributed by atoms with Gasteiger partial charge in [-0.25, -0.2) is 8.42 Å². The average Bonchev–Trinajstić information content (AvgIpc) is 2.73. The molecule has 156 valence electrons. The lowest BCUT2D eigenvalue weighted by Gasteiger charge is -2.35. The Kier molecular flexibility index (Phi) is 7.12. The molecule has 1 aliphatic heterocycles. The summed E-state index contributed by atoms with van der Waals surface area (Å²) in [4.78, 5) is 14.9. The number of hydrogen-bond donors (Lipinski definition) is 1. The first-order valence-electron chi connectivity index (χ1n) is 10.5. The zero-order valence-corrected chi connectivity index (χ0v) is 17.9. The number of benzene rings is 1. The van der Waals surface area contributed by atoms with Crippen LogP contribution in [-0.4, -0.2) is 62.3 Å². The Morgan fingerprint density at radius 1 is 1.11 bits per heavy atom. The van der Waals surface area contributed by atoms with Crippen molar-refractivity contribution in [2.45, 2.75) is 62.8 Å². The van der Waals surface area contributed by atoms with Crippen LogP contribution in [-0.2, 0) is 14.8 Å². The van der Waals surface area contributed by atoms with Crippen LogP contribution in [0.15, 0.2) is 29.2 Å². The van der Waals surface area contributed by atoms with E-state index in [1.165, 1.54) is 4.31 Å². The summed E-state index contributed by atoms with van der Waals surface area (Å²) in [5.74, 6) is 0.259. The van der Waals surface area contributed by atoms with Crippen molar-refractivity contribution in [1.29, 1.82) is 0 Å². The Morgan fingerprint density at radius 3 is 2.29 bits per heavy atom. The molecule has 0 radical (unpaired) electrons. The topological polar surface area (TPSA) is 69.7 Å². The second-order valence-corrected chi connectivity index (χ2v) is 10.1. The molecule has 0 bridgehead atoms. The molecule has 7 heteroatoms. The highest BCUT2D eigenvalue weighted by molar-refractivity contribution is 7.89. The number of piperazine rings is 1. The number of amides is 1. The molecule has 0 unspecified atom stereocenters. The van der Waals surface area contributed by atoms with Crippen molar-refractivity contribution in [3.63, 3.8) is 0 Å². The summed E-state index contributed by atoms with van der Waals surface area (Å²) < 4.78 is 28.4. The fourth-order valence-corrected chi connectivity index (χ4v) is 5.72. The Bertz CT molecular complexity index is 750. The van der Waals surface area contributed by atoms with E-state index in [1.54, 1.807) is 17.0 Å². The van der Waals surface area contributed by atoms with Crippen LogP contribution in [0.1, 0.15) is 57.4 Å². The van der Waals surface area contributed by atoms with Gasteiger partial charge in [0.2, 0.25) is 15.9 Å². The summed E-state index contributed by atoms with van der Waals surface area (Å²) in [6, 6.07) is 7.06. The summed E-state index contributed by atoms with van der Waals surface area (Å²) in [6.07, 6.45) is 4.84. The summed E-state index contributed by atoms with van der Waals surface area (Å²) in [6.45, 7) is 6.92. The molecule has 1 aromatic rings. The molecule has 1 aliphatic carbocycles. The predicted molar refractivity (Wildman–Crippen MR) is 111 cm³/mol. The lowest BCUT2D eigenvalue weighted by molar-refractivity contribution is -0.132. The minimum absolute atomic E-state index is 0.0566. The van der Waals surface area contributed by atoms with E-state index in [4.69, 9.17) is 0 Å². The van der Waals surface area contributed by atoms with E-state index in [1.807, 2.05) is 12.1 Å². The Labute approximate surface area is 169 Å². The molecule has 1 saturated heterocycles. The predicted octanol–water partition coefficient (Wildman–Crippen LogP) is 2.57. The van der Waals surface area contributed by atoms with Crippen LogP contribution in [0.2, 0.25) is 0 Å². The van der Waals surface area contributed by atoms with E-state index in [0.29, 0.717) is 19.0 Å². The highest BCUT2D eigenvalue weighted by atomic mass is 32.2. The minimum atomic E-state index is -3.71. The summed E-state index contributed by atoms with van der Waals surface area (Å²) in [5, 5.41) is 3.23. The molecular weight excluding hydrogens is 374 g/mol. The molecule has 0 atom stereocenters. The third-order valence-electron chi connectivity index (χ3n) is 5.90. The average molecular weight is 408 g/mol. The highest BCUT2D eigenvalue weighted by Gasteiger charge is 2.35. The Hall–Kier alpha value is -1.44. The third kappa shape index (κ3) is 4.93. The van der Waals surface area contributed by atoms with Crippen molar-refractivity contribution in [2.75, 3.05) is 32.7 Å². The van der Waals surface area contributed by atoms with E-state index >= 15 is 0 Å². The van der Waals surface area contributed by atoms with Crippen LogP contribution in [0.3, 0.4) is 0 Å². The largest absolute Gasteiger partial charge is 0.339 e. The molecule has 28 heavy (non-hydrogen) atoms. The van der Waals surface area contributed by atoms with Crippen molar-refractivity contribution in [2.24, 2.45) is 0 Å². The third-order valence-corrected chi connectivity index (χ3v) is 7.81. The smallest absolute Gasteiger partial charge is 0.243 e. The normalized spacial score (nSPS) is 19.4. The molecule has 2 fully saturated rings. The van der Waals surface area contributed by atoms with Crippen LogP contribution >= 0.6 is 0 Å². The number of sulfonamides is 1. The molecule has 1 amide bonds. The van der Waals surface area contributed by atoms with Crippen LogP contribution < -0.4 is 5.32 Å². The summed E-state index contributed by atoms with van der Waals surface area (Å²) in [5.41, 5.74) is 1.11. The van der Waals surface area contributed by atoms with Gasteiger partial charge < -0.3 is 10.2 Å². The van der Waals surface area contributed by atoms with Crippen molar-refractivity contribution in [1.82, 2.24) is 14.5 Å². The molecule has 1 saturated carbocycles. The van der Waals surface area contributed by atoms with Crippen LogP contribution in [0.25, 0.3) is 0 Å². The fraction of sp³-hybridized carbons (Fsp3) is 0.667. The van der Waals surface area contributed by atoms with Crippen molar-refractivity contribution in [3.05, 3.63) is 29.8 Å². The Balaban J connectivity index is 1.84. The quantitative estimate of drug-likeness (QED) is 0.787. The van der Waals surface area contributed by atoms with Crippen LogP contribution in [0.5, 0.6) is 0 Å². The second-order valence-electron chi connectivity index (χ2n) is 8.20. The summed E-state index contributed by atoms with van der Waals surface area (Å²) >= 11 is 0. The van der Waals surface area contributed by atoms with Gasteiger partial charge in [0.05, 0.1) is 11.4 Å². The fourth-order valence-electron chi connectivity index (χ4n) is 4.09. The van der Waals surface area contributed by atoms with Gasteiger partial charge in [-0.2, -0.15) is 4.31 Å². The van der Waals surface area contributed by atoms with E-state index in [0.717, 1.165) is 50.8 Å². The van der Waals surface area contributed by atoms with Crippen LogP contribution in [0, 0.1) is 0 Å². The molecule has 3 rings (SSSR count). The second kappa shape index (κ2) is 9.37. The number of carbonyl (C=O) groups is 1. The minimum Gasteiger partial charge on any atom is -0.339 e. The maximum Gasteiger partial charge on any atom is 0.243 e. The van der Waals surface area contributed by atoms with Crippen molar-refractivity contribution < 1.29 is 13.2 Å². The number of nitrogens with zero attached hydrogens (tertiary/aromatic N) is 2. The number of rotatable bonds is 6. The van der Waals surface area contributed by atoms with Crippen LogP contribution in [0.4, 0.5) is 0 Å². The molecule has 0 spiro atoms. The molecule has 1 heterocycles. The lowest BCUT2D eigenvalue weighted by Crippen LogP contribution is -2.52. The standard InChI is InChI=1S/C21H33N3O3S/c1-17(2)18-8-10-20(11-9-18)28(26,27)24(19-6-4-3-5-7-19)16-21(25)23-14-12-22-13-15-23/h8-11,17,19,22H,3-7,12-16H2,1-2H3. The SMILES string of the molecule is CC(C)c1ccc(S(=O)(=O)N(CC(=O)N2CCNCC2)C2CCCCC2)cc1. The van der Waals surface area contributed by atoms with Gasteiger partial charge >= 0.3 is 0 Å². The summed E-state index contributed by atoms with van der Waals surface area (Å²) in [7, 11) is -3.71. The molecule has 6 nitrogen and oxygen atoms in total. The zero-order chi connectivity index (χ0) is 20.1. The molecule has 1 N–H and O–H groups in total. The van der Waals surface area contributed by atoms with E-state index in [2.05, 4.69) is 19.2 Å². The molecule has 1 aromatic carbocycles. The van der Waals surface area contributed by atoms with E-state index in [-0.39, 0.29) is 23.4 Å². The highest BCUT2D eigenvalue weighted by Crippen LogP contribution is 2.28. The van der Waals surface area contributed by atoms with Gasteiger partial charge in [-0.15, -0.1) is 0 Å². The van der Waals surface area contributed by atoms with Crippen molar-refractivity contribution in [3.8, 4) is 0 Å². The number of nitrogens with one attached hydrogen (secondary N) is 1. The first-order valence-corrected chi connectivity index (χ1v) is 11.9. The lowest BCUT2D eigenvalue weighted by atomic mass is 9.95. The van der Waals surface area contributed by atoms with Gasteiger partial charge in [0.15, 0.2) is 0 Å². The van der Waals surface area contributed by atoms with Gasteiger partial charge in [-0.3, -0.25) is 4.79 Å². The first-order chi connectivity index (χ1) is 13.4.